The Labute approximate surface area is 190 Å². The second-order valence-electron chi connectivity index (χ2n) is 6.37. The molecular formula is C20H18Br2N2O3S2. The van der Waals surface area contributed by atoms with Gasteiger partial charge in [-0.05, 0) is 70.7 Å². The van der Waals surface area contributed by atoms with Crippen LogP contribution in [0.2, 0.25) is 0 Å². The van der Waals surface area contributed by atoms with Crippen molar-refractivity contribution in [3.8, 4) is 0 Å². The average molecular weight is 558 g/mol. The molecule has 5 nitrogen and oxygen atoms in total. The number of carbonyl (C=O) groups is 1. The summed E-state index contributed by atoms with van der Waals surface area (Å²) in [5, 5.41) is 2.84. The molecule has 152 valence electrons. The van der Waals surface area contributed by atoms with E-state index in [1.807, 2.05) is 49.4 Å². The standard InChI is InChI=1S/C20H18Br2N2O3S2/c1-13-11-15(21)7-8-16(13)23-20(25)17(12-14-5-3-2-4-6-14)24-29(26,27)19-10-9-18(22)28-19/h2-11,17,24H,12H2,1H3,(H,23,25)/t17-/m0/s1. The van der Waals surface area contributed by atoms with Crippen molar-refractivity contribution in [2.24, 2.45) is 0 Å². The van der Waals surface area contributed by atoms with Crippen molar-refractivity contribution in [2.75, 3.05) is 5.32 Å². The highest BCUT2D eigenvalue weighted by Gasteiger charge is 2.27. The Kier molecular flexibility index (Phi) is 7.28. The Morgan fingerprint density at radius 3 is 2.41 bits per heavy atom. The van der Waals surface area contributed by atoms with Crippen LogP contribution in [0.5, 0.6) is 0 Å². The minimum absolute atomic E-state index is 0.148. The molecule has 3 rings (SSSR count). The van der Waals surface area contributed by atoms with Crippen LogP contribution in [0.25, 0.3) is 0 Å². The summed E-state index contributed by atoms with van der Waals surface area (Å²) in [5.74, 6) is -0.418. The number of benzene rings is 2. The molecule has 0 bridgehead atoms. The predicted molar refractivity (Wildman–Crippen MR) is 124 cm³/mol. The fourth-order valence-corrected chi connectivity index (χ4v) is 6.41. The van der Waals surface area contributed by atoms with Gasteiger partial charge in [0.25, 0.3) is 10.0 Å². The van der Waals surface area contributed by atoms with Crippen molar-refractivity contribution in [3.05, 3.63) is 80.0 Å². The molecule has 0 aliphatic rings. The number of sulfonamides is 1. The van der Waals surface area contributed by atoms with E-state index in [4.69, 9.17) is 0 Å². The lowest BCUT2D eigenvalue weighted by atomic mass is 10.1. The van der Waals surface area contributed by atoms with Gasteiger partial charge in [0.15, 0.2) is 0 Å². The molecule has 0 aliphatic heterocycles. The maximum absolute atomic E-state index is 13.0. The van der Waals surface area contributed by atoms with Gasteiger partial charge in [-0.15, -0.1) is 11.3 Å². The molecular weight excluding hydrogens is 540 g/mol. The van der Waals surface area contributed by atoms with Gasteiger partial charge in [0.1, 0.15) is 10.3 Å². The molecule has 0 aliphatic carbocycles. The van der Waals surface area contributed by atoms with Gasteiger partial charge in [0.05, 0.1) is 3.79 Å². The van der Waals surface area contributed by atoms with Crippen molar-refractivity contribution in [1.82, 2.24) is 4.72 Å². The van der Waals surface area contributed by atoms with Gasteiger partial charge in [0, 0.05) is 10.2 Å². The zero-order valence-electron chi connectivity index (χ0n) is 15.4. The number of halogens is 2. The predicted octanol–water partition coefficient (Wildman–Crippen LogP) is 5.11. The normalized spacial score (nSPS) is 12.5. The van der Waals surface area contributed by atoms with E-state index in [-0.39, 0.29) is 10.6 Å². The van der Waals surface area contributed by atoms with Crippen molar-refractivity contribution in [2.45, 2.75) is 23.6 Å². The third-order valence-corrected chi connectivity index (χ3v) is 8.24. The smallest absolute Gasteiger partial charge is 0.250 e. The van der Waals surface area contributed by atoms with Crippen LogP contribution in [0.1, 0.15) is 11.1 Å². The van der Waals surface area contributed by atoms with E-state index in [1.165, 1.54) is 6.07 Å². The highest BCUT2D eigenvalue weighted by atomic mass is 79.9. The van der Waals surface area contributed by atoms with Crippen molar-refractivity contribution >= 4 is 64.8 Å². The number of rotatable bonds is 7. The SMILES string of the molecule is Cc1cc(Br)ccc1NC(=O)[C@H](Cc1ccccc1)NS(=O)(=O)c1ccc(Br)s1. The molecule has 0 spiro atoms. The van der Waals surface area contributed by atoms with Crippen LogP contribution in [-0.2, 0) is 21.2 Å². The summed E-state index contributed by atoms with van der Waals surface area (Å²) >= 11 is 7.76. The molecule has 29 heavy (non-hydrogen) atoms. The van der Waals surface area contributed by atoms with Gasteiger partial charge >= 0.3 is 0 Å². The van der Waals surface area contributed by atoms with Crippen LogP contribution in [0.3, 0.4) is 0 Å². The van der Waals surface area contributed by atoms with Gasteiger partial charge in [-0.2, -0.15) is 4.72 Å². The van der Waals surface area contributed by atoms with E-state index < -0.39 is 22.0 Å². The van der Waals surface area contributed by atoms with Gasteiger partial charge in [-0.25, -0.2) is 8.42 Å². The Morgan fingerprint density at radius 1 is 1.07 bits per heavy atom. The van der Waals surface area contributed by atoms with E-state index in [9.17, 15) is 13.2 Å². The molecule has 2 N–H and O–H groups in total. The van der Waals surface area contributed by atoms with Gasteiger partial charge in [-0.1, -0.05) is 46.3 Å². The molecule has 0 unspecified atom stereocenters. The number of aryl methyl sites for hydroxylation is 1. The van der Waals surface area contributed by atoms with E-state index in [0.29, 0.717) is 9.47 Å². The zero-order chi connectivity index (χ0) is 21.0. The minimum atomic E-state index is -3.84. The fraction of sp³-hybridized carbons (Fsp3) is 0.150. The van der Waals surface area contributed by atoms with E-state index in [2.05, 4.69) is 41.9 Å². The number of hydrogen-bond donors (Lipinski definition) is 2. The summed E-state index contributed by atoms with van der Waals surface area (Å²) in [6, 6.07) is 17.0. The first-order chi connectivity index (χ1) is 13.7. The Bertz CT molecular complexity index is 1120. The van der Waals surface area contributed by atoms with Crippen LogP contribution >= 0.6 is 43.2 Å². The summed E-state index contributed by atoms with van der Waals surface area (Å²) in [4.78, 5) is 13.0. The molecule has 2 aromatic carbocycles. The van der Waals surface area contributed by atoms with Crippen LogP contribution in [0, 0.1) is 6.92 Å². The number of thiophene rings is 1. The zero-order valence-corrected chi connectivity index (χ0v) is 20.2. The molecule has 0 fully saturated rings. The van der Waals surface area contributed by atoms with Gasteiger partial charge in [-0.3, -0.25) is 4.79 Å². The summed E-state index contributed by atoms with van der Waals surface area (Å²) < 4.78 is 29.9. The summed E-state index contributed by atoms with van der Waals surface area (Å²) in [6.07, 6.45) is 0.230. The lowest BCUT2D eigenvalue weighted by Crippen LogP contribution is -2.45. The van der Waals surface area contributed by atoms with Crippen LogP contribution < -0.4 is 10.0 Å². The van der Waals surface area contributed by atoms with Crippen LogP contribution in [-0.4, -0.2) is 20.4 Å². The molecule has 0 radical (unpaired) electrons. The maximum atomic E-state index is 13.0. The third-order valence-electron chi connectivity index (χ3n) is 4.16. The highest BCUT2D eigenvalue weighted by molar-refractivity contribution is 9.11. The van der Waals surface area contributed by atoms with Gasteiger partial charge < -0.3 is 5.32 Å². The van der Waals surface area contributed by atoms with Crippen molar-refractivity contribution in [1.29, 1.82) is 0 Å². The number of nitrogens with one attached hydrogen (secondary N) is 2. The molecule has 1 heterocycles. The molecule has 1 atom stereocenters. The summed E-state index contributed by atoms with van der Waals surface area (Å²) in [7, 11) is -3.84. The number of anilines is 1. The van der Waals surface area contributed by atoms with Crippen LogP contribution in [0.4, 0.5) is 5.69 Å². The fourth-order valence-electron chi connectivity index (χ4n) is 2.71. The van der Waals surface area contributed by atoms with Crippen LogP contribution in [0.15, 0.2) is 73.1 Å². The largest absolute Gasteiger partial charge is 0.324 e. The number of hydrogen-bond acceptors (Lipinski definition) is 4. The molecule has 3 aromatic rings. The average Bonchev–Trinajstić information content (AvgIpc) is 3.11. The van der Waals surface area contributed by atoms with E-state index in [1.54, 1.807) is 12.1 Å². The molecule has 0 saturated heterocycles. The second-order valence-corrected chi connectivity index (χ2v) is 11.7. The molecule has 1 aromatic heterocycles. The first kappa shape index (κ1) is 22.2. The minimum Gasteiger partial charge on any atom is -0.324 e. The maximum Gasteiger partial charge on any atom is 0.250 e. The molecule has 9 heteroatoms. The first-order valence-electron chi connectivity index (χ1n) is 8.63. The van der Waals surface area contributed by atoms with Gasteiger partial charge in [0.2, 0.25) is 5.91 Å². The molecule has 1 amide bonds. The number of amides is 1. The Morgan fingerprint density at radius 2 is 1.79 bits per heavy atom. The third kappa shape index (κ3) is 5.99. The summed E-state index contributed by atoms with van der Waals surface area (Å²) in [5.41, 5.74) is 2.36. The second kappa shape index (κ2) is 9.53. The van der Waals surface area contributed by atoms with Crippen molar-refractivity contribution in [3.63, 3.8) is 0 Å². The number of carbonyl (C=O) groups excluding carboxylic acids is 1. The first-order valence-corrected chi connectivity index (χ1v) is 12.5. The lowest BCUT2D eigenvalue weighted by Gasteiger charge is -2.19. The quantitative estimate of drug-likeness (QED) is 0.424. The lowest BCUT2D eigenvalue weighted by molar-refractivity contribution is -0.117. The van der Waals surface area contributed by atoms with E-state index >= 15 is 0 Å². The Hall–Kier alpha value is -1.52. The topological polar surface area (TPSA) is 75.3 Å². The Balaban J connectivity index is 1.86. The molecule has 0 saturated carbocycles. The monoisotopic (exact) mass is 556 g/mol. The van der Waals surface area contributed by atoms with E-state index in [0.717, 1.165) is 26.9 Å². The highest BCUT2D eigenvalue weighted by Crippen LogP contribution is 2.26. The summed E-state index contributed by atoms with van der Waals surface area (Å²) in [6.45, 7) is 1.87. The van der Waals surface area contributed by atoms with Crippen molar-refractivity contribution < 1.29 is 13.2 Å².